The number of hydrogen-bond donors (Lipinski definition) is 0. The Labute approximate surface area is 284 Å². The van der Waals surface area contributed by atoms with E-state index in [0.29, 0.717) is 0 Å². The zero-order valence-corrected chi connectivity index (χ0v) is 24.2. The van der Waals surface area contributed by atoms with Crippen LogP contribution in [0, 0.1) is 10.8 Å². The Morgan fingerprint density at radius 3 is 0.750 bits per heavy atom. The predicted molar refractivity (Wildman–Crippen MR) is 34.1 cm³/mol. The van der Waals surface area contributed by atoms with Crippen molar-refractivity contribution in [2.75, 3.05) is 0 Å². The number of carbonyl (C=O) groups is 4. The first-order chi connectivity index (χ1) is 7.23. The Morgan fingerprint density at radius 2 is 0.700 bits per heavy atom. The molecule has 0 amide bonds. The van der Waals surface area contributed by atoms with Crippen molar-refractivity contribution >= 4 is 23.9 Å². The van der Waals surface area contributed by atoms with E-state index in [1.165, 1.54) is 0 Å². The summed E-state index contributed by atoms with van der Waals surface area (Å²) in [5.41, 5.74) is -6.27. The quantitative estimate of drug-likeness (QED) is 0.341. The fourth-order valence-electron chi connectivity index (χ4n) is 1.90. The number of hydrogen-bond acceptors (Lipinski definition) is 8. The van der Waals surface area contributed by atoms with Crippen LogP contribution >= 0.6 is 0 Å². The largest absolute Gasteiger partial charge is 1.00 e. The van der Waals surface area contributed by atoms with E-state index >= 15 is 0 Å². The smallest absolute Gasteiger partial charge is 0.549 e. The molecular weight excluding hydrogens is 380 g/mol. The molecular formula is C8H4K4O8. The van der Waals surface area contributed by atoms with E-state index in [1.807, 2.05) is 0 Å². The molecule has 0 bridgehead atoms. The van der Waals surface area contributed by atoms with Crippen LogP contribution in [0.4, 0.5) is 0 Å². The Balaban J connectivity index is -0.000000320. The Morgan fingerprint density at radius 1 is 0.550 bits per heavy atom. The second-order valence-corrected chi connectivity index (χ2v) is 3.46. The van der Waals surface area contributed by atoms with Crippen molar-refractivity contribution in [2.45, 2.75) is 12.8 Å². The minimum absolute atomic E-state index is 0. The van der Waals surface area contributed by atoms with E-state index in [0.717, 1.165) is 0 Å². The van der Waals surface area contributed by atoms with Crippen molar-refractivity contribution in [3.8, 4) is 0 Å². The molecule has 0 N–H and O–H groups in total. The fourth-order valence-corrected chi connectivity index (χ4v) is 1.90. The molecule has 1 fully saturated rings. The molecule has 1 rings (SSSR count). The van der Waals surface area contributed by atoms with Crippen molar-refractivity contribution in [2.24, 2.45) is 10.8 Å². The molecule has 0 aromatic rings. The summed E-state index contributed by atoms with van der Waals surface area (Å²) in [4.78, 5) is 42.6. The van der Waals surface area contributed by atoms with Crippen LogP contribution in [-0.4, -0.2) is 23.9 Å². The molecule has 0 heterocycles. The zero-order chi connectivity index (χ0) is 12.7. The van der Waals surface area contributed by atoms with Crippen molar-refractivity contribution in [3.63, 3.8) is 0 Å². The number of aliphatic carboxylic acids is 4. The van der Waals surface area contributed by atoms with Gasteiger partial charge in [0.2, 0.25) is 0 Å². The van der Waals surface area contributed by atoms with Crippen LogP contribution in [0.5, 0.6) is 0 Å². The van der Waals surface area contributed by atoms with Crippen LogP contribution < -0.4 is 226 Å². The van der Waals surface area contributed by atoms with E-state index in [9.17, 15) is 39.6 Å². The van der Waals surface area contributed by atoms with Gasteiger partial charge in [-0.25, -0.2) is 0 Å². The zero-order valence-electron chi connectivity index (χ0n) is 11.7. The summed E-state index contributed by atoms with van der Waals surface area (Å²) in [5.74, 6) is -9.36. The third-order valence-corrected chi connectivity index (χ3v) is 3.00. The molecule has 0 aromatic carbocycles. The van der Waals surface area contributed by atoms with Crippen LogP contribution in [0.1, 0.15) is 12.8 Å². The van der Waals surface area contributed by atoms with Gasteiger partial charge in [-0.1, -0.05) is 0 Å². The number of carbonyl (C=O) groups excluding carboxylic acids is 4. The van der Waals surface area contributed by atoms with Crippen LogP contribution in [0.25, 0.3) is 0 Å². The van der Waals surface area contributed by atoms with Gasteiger partial charge < -0.3 is 39.6 Å². The summed E-state index contributed by atoms with van der Waals surface area (Å²) in [5, 5.41) is 42.6. The van der Waals surface area contributed by atoms with Gasteiger partial charge in [0.1, 0.15) is 0 Å². The summed E-state index contributed by atoms with van der Waals surface area (Å²) in [6, 6.07) is 0. The second kappa shape index (κ2) is 12.7. The van der Waals surface area contributed by atoms with Crippen LogP contribution in [0.2, 0.25) is 0 Å². The molecule has 0 aliphatic heterocycles. The standard InChI is InChI=1S/C8H8O8.4K/c9-3(10)7(4(11)12)1-2-8(7,5(13)14)6(15)16;;;;/h1-2H2,(H,9,10)(H,11,12)(H,13,14)(H,15,16);;;;/q;4*+1/p-4. The molecule has 0 radical (unpaired) electrons. The first-order valence-corrected chi connectivity index (χ1v) is 4.09. The van der Waals surface area contributed by atoms with Gasteiger partial charge in [0.05, 0.1) is 34.7 Å². The van der Waals surface area contributed by atoms with Gasteiger partial charge in [0.15, 0.2) is 0 Å². The molecule has 20 heavy (non-hydrogen) atoms. The monoisotopic (exact) mass is 384 g/mol. The summed E-state index contributed by atoms with van der Waals surface area (Å²) in [7, 11) is 0. The van der Waals surface area contributed by atoms with Crippen molar-refractivity contribution < 1.29 is 245 Å². The molecule has 0 atom stereocenters. The van der Waals surface area contributed by atoms with Crippen molar-refractivity contribution in [3.05, 3.63) is 0 Å². The minimum Gasteiger partial charge on any atom is -0.549 e. The summed E-state index contributed by atoms with van der Waals surface area (Å²) in [6.45, 7) is 0. The number of carboxylic acid groups (broad SMARTS) is 4. The Kier molecular flexibility index (Phi) is 20.4. The van der Waals surface area contributed by atoms with E-state index in [1.54, 1.807) is 0 Å². The van der Waals surface area contributed by atoms with Gasteiger partial charge in [-0.05, 0) is 12.8 Å². The average molecular weight is 385 g/mol. The molecule has 1 aliphatic carbocycles. The van der Waals surface area contributed by atoms with E-state index in [2.05, 4.69) is 0 Å². The van der Waals surface area contributed by atoms with Gasteiger partial charge in [-0.2, -0.15) is 0 Å². The number of rotatable bonds is 4. The molecule has 8 nitrogen and oxygen atoms in total. The fraction of sp³-hybridized carbons (Fsp3) is 0.500. The molecule has 1 saturated carbocycles. The predicted octanol–water partition coefficient (Wildman–Crippen LogP) is -18.2. The van der Waals surface area contributed by atoms with Gasteiger partial charge in [0.25, 0.3) is 0 Å². The minimum atomic E-state index is -3.13. The molecule has 0 aromatic heterocycles. The van der Waals surface area contributed by atoms with Crippen molar-refractivity contribution in [1.29, 1.82) is 0 Å². The maximum Gasteiger partial charge on any atom is 1.00 e. The van der Waals surface area contributed by atoms with Gasteiger partial charge in [0, 0.05) is 0 Å². The van der Waals surface area contributed by atoms with E-state index < -0.39 is 47.5 Å². The molecule has 0 unspecified atom stereocenters. The third kappa shape index (κ3) is 5.22. The summed E-state index contributed by atoms with van der Waals surface area (Å²) < 4.78 is 0. The third-order valence-electron chi connectivity index (χ3n) is 3.00. The van der Waals surface area contributed by atoms with Gasteiger partial charge >= 0.3 is 206 Å². The molecule has 0 spiro atoms. The first-order valence-electron chi connectivity index (χ1n) is 4.09. The Bertz CT molecular complexity index is 343. The maximum atomic E-state index is 10.7. The average Bonchev–Trinajstić information content (AvgIpc) is 1.98. The van der Waals surface area contributed by atoms with Crippen LogP contribution in [-0.2, 0) is 19.2 Å². The Hall–Kier alpha value is 4.43. The topological polar surface area (TPSA) is 161 Å². The van der Waals surface area contributed by atoms with E-state index in [-0.39, 0.29) is 206 Å². The van der Waals surface area contributed by atoms with Crippen LogP contribution in [0.3, 0.4) is 0 Å². The SMILES string of the molecule is O=C([O-])C1(C(=O)[O-])CCC1(C(=O)[O-])C(=O)[O-].[K+].[K+].[K+].[K+]. The molecule has 1 aliphatic rings. The summed E-state index contributed by atoms with van der Waals surface area (Å²) in [6.07, 6.45) is -1.45. The van der Waals surface area contributed by atoms with Gasteiger partial charge in [-0.15, -0.1) is 0 Å². The molecule has 88 valence electrons. The van der Waals surface area contributed by atoms with Crippen LogP contribution in [0.15, 0.2) is 0 Å². The maximum absolute atomic E-state index is 10.7. The summed E-state index contributed by atoms with van der Waals surface area (Å²) >= 11 is 0. The normalized spacial score (nSPS) is 16.4. The molecule has 12 heteroatoms. The number of carboxylic acids is 4. The van der Waals surface area contributed by atoms with Crippen molar-refractivity contribution in [1.82, 2.24) is 0 Å². The van der Waals surface area contributed by atoms with Gasteiger partial charge in [-0.3, -0.25) is 0 Å². The molecule has 0 saturated heterocycles. The second-order valence-electron chi connectivity index (χ2n) is 3.46. The van der Waals surface area contributed by atoms with E-state index in [4.69, 9.17) is 0 Å². The first kappa shape index (κ1) is 32.1.